The predicted molar refractivity (Wildman–Crippen MR) is 73.6 cm³/mol. The van der Waals surface area contributed by atoms with Crippen LogP contribution in [0.2, 0.25) is 0 Å². The molecule has 19 heavy (non-hydrogen) atoms. The van der Waals surface area contributed by atoms with E-state index in [0.29, 0.717) is 5.92 Å². The van der Waals surface area contributed by atoms with E-state index in [-0.39, 0.29) is 17.0 Å². The van der Waals surface area contributed by atoms with Crippen LogP contribution in [0.3, 0.4) is 0 Å². The van der Waals surface area contributed by atoms with Crippen LogP contribution in [-0.2, 0) is 9.31 Å². The van der Waals surface area contributed by atoms with Gasteiger partial charge in [-0.3, -0.25) is 4.98 Å². The van der Waals surface area contributed by atoms with Crippen LogP contribution in [0.25, 0.3) is 0 Å². The van der Waals surface area contributed by atoms with Gasteiger partial charge in [-0.2, -0.15) is 0 Å². The molecule has 2 fully saturated rings. The van der Waals surface area contributed by atoms with Gasteiger partial charge in [0.25, 0.3) is 0 Å². The van der Waals surface area contributed by atoms with Crippen LogP contribution in [-0.4, -0.2) is 28.4 Å². The van der Waals surface area contributed by atoms with Gasteiger partial charge in [-0.05, 0) is 46.6 Å². The number of pyridine rings is 1. The summed E-state index contributed by atoms with van der Waals surface area (Å²) in [7, 11) is -0.444. The second-order valence-electron chi connectivity index (χ2n) is 6.53. The van der Waals surface area contributed by atoms with Crippen LogP contribution in [0, 0.1) is 0 Å². The molecule has 0 amide bonds. The molecular formula is C14H20BNO3. The lowest BCUT2D eigenvalue weighted by Gasteiger charge is -2.32. The van der Waals surface area contributed by atoms with Crippen LogP contribution in [0.15, 0.2) is 12.3 Å². The number of aromatic nitrogens is 1. The Hall–Kier alpha value is -1.07. The highest BCUT2D eigenvalue weighted by molar-refractivity contribution is 6.62. The summed E-state index contributed by atoms with van der Waals surface area (Å²) in [5.74, 6) is 0.656. The first-order chi connectivity index (χ1) is 8.80. The quantitative estimate of drug-likeness (QED) is 0.827. The molecule has 0 radical (unpaired) electrons. The fourth-order valence-corrected chi connectivity index (χ4v) is 2.34. The normalized spacial score (nSPS) is 24.7. The van der Waals surface area contributed by atoms with Crippen molar-refractivity contribution < 1.29 is 14.4 Å². The second kappa shape index (κ2) is 3.96. The van der Waals surface area contributed by atoms with Crippen molar-refractivity contribution in [1.29, 1.82) is 0 Å². The van der Waals surface area contributed by atoms with Gasteiger partial charge >= 0.3 is 7.12 Å². The summed E-state index contributed by atoms with van der Waals surface area (Å²) < 4.78 is 12.1. The summed E-state index contributed by atoms with van der Waals surface area (Å²) in [6, 6.07) is 1.72. The van der Waals surface area contributed by atoms with Gasteiger partial charge in [0.05, 0.1) is 17.4 Å². The highest BCUT2D eigenvalue weighted by Gasteiger charge is 2.53. The molecule has 102 valence electrons. The Labute approximate surface area is 114 Å². The Balaban J connectivity index is 1.97. The van der Waals surface area contributed by atoms with Crippen molar-refractivity contribution in [3.05, 3.63) is 18.0 Å². The molecule has 1 saturated heterocycles. The maximum absolute atomic E-state index is 9.69. The predicted octanol–water partition coefficient (Wildman–Crippen LogP) is 1.96. The topological polar surface area (TPSA) is 51.6 Å². The SMILES string of the molecule is CC1(C)OB(c2cc(O)cnc2C2CC2)OC1(C)C. The van der Waals surface area contributed by atoms with E-state index in [4.69, 9.17) is 9.31 Å². The molecule has 1 N–H and O–H groups in total. The van der Waals surface area contributed by atoms with Crippen molar-refractivity contribution in [2.45, 2.75) is 57.7 Å². The first kappa shape index (κ1) is 12.9. The molecule has 4 nitrogen and oxygen atoms in total. The molecule has 1 saturated carbocycles. The van der Waals surface area contributed by atoms with E-state index >= 15 is 0 Å². The van der Waals surface area contributed by atoms with Crippen LogP contribution >= 0.6 is 0 Å². The number of aromatic hydroxyl groups is 1. The van der Waals surface area contributed by atoms with Crippen molar-refractivity contribution in [1.82, 2.24) is 4.98 Å². The summed E-state index contributed by atoms with van der Waals surface area (Å²) in [6.45, 7) is 8.11. The third-order valence-corrected chi connectivity index (χ3v) is 4.41. The highest BCUT2D eigenvalue weighted by atomic mass is 16.7. The molecule has 0 atom stereocenters. The molecule has 1 aromatic rings. The molecular weight excluding hydrogens is 241 g/mol. The molecule has 2 heterocycles. The zero-order valence-electron chi connectivity index (χ0n) is 11.9. The fourth-order valence-electron chi connectivity index (χ4n) is 2.34. The number of nitrogens with zero attached hydrogens (tertiary/aromatic N) is 1. The van der Waals surface area contributed by atoms with E-state index in [0.717, 1.165) is 24.0 Å². The zero-order valence-corrected chi connectivity index (χ0v) is 11.9. The van der Waals surface area contributed by atoms with Crippen molar-refractivity contribution in [3.8, 4) is 5.75 Å². The summed E-state index contributed by atoms with van der Waals surface area (Å²) in [6.07, 6.45) is 3.82. The van der Waals surface area contributed by atoms with Crippen molar-refractivity contribution in [3.63, 3.8) is 0 Å². The summed E-state index contributed by atoms with van der Waals surface area (Å²) in [4.78, 5) is 4.37. The molecule has 5 heteroatoms. The molecule has 0 unspecified atom stereocenters. The smallest absolute Gasteiger partial charge is 0.496 e. The van der Waals surface area contributed by atoms with Crippen LogP contribution in [0.5, 0.6) is 5.75 Å². The van der Waals surface area contributed by atoms with Crippen LogP contribution in [0.4, 0.5) is 0 Å². The minimum Gasteiger partial charge on any atom is -0.506 e. The number of hydrogen-bond acceptors (Lipinski definition) is 4. The van der Waals surface area contributed by atoms with E-state index < -0.39 is 7.12 Å². The van der Waals surface area contributed by atoms with Gasteiger partial charge in [-0.25, -0.2) is 0 Å². The number of hydrogen-bond donors (Lipinski definition) is 1. The van der Waals surface area contributed by atoms with E-state index in [1.807, 2.05) is 27.7 Å². The molecule has 2 aliphatic rings. The Kier molecular flexibility index (Phi) is 2.70. The largest absolute Gasteiger partial charge is 0.506 e. The van der Waals surface area contributed by atoms with Crippen molar-refractivity contribution in [2.75, 3.05) is 0 Å². The monoisotopic (exact) mass is 261 g/mol. The van der Waals surface area contributed by atoms with Gasteiger partial charge in [0.2, 0.25) is 0 Å². The van der Waals surface area contributed by atoms with E-state index in [1.54, 1.807) is 6.07 Å². The van der Waals surface area contributed by atoms with Crippen LogP contribution < -0.4 is 5.46 Å². The summed E-state index contributed by atoms with van der Waals surface area (Å²) in [5.41, 5.74) is 1.14. The van der Waals surface area contributed by atoms with Crippen molar-refractivity contribution >= 4 is 12.6 Å². The maximum Gasteiger partial charge on any atom is 0.496 e. The lowest BCUT2D eigenvalue weighted by atomic mass is 9.76. The second-order valence-corrected chi connectivity index (χ2v) is 6.53. The van der Waals surface area contributed by atoms with Crippen molar-refractivity contribution in [2.24, 2.45) is 0 Å². The maximum atomic E-state index is 9.69. The zero-order chi connectivity index (χ0) is 13.8. The molecule has 1 aliphatic heterocycles. The third kappa shape index (κ3) is 2.15. The minimum atomic E-state index is -0.444. The number of rotatable bonds is 2. The lowest BCUT2D eigenvalue weighted by molar-refractivity contribution is 0.00578. The average Bonchev–Trinajstić information content (AvgIpc) is 3.07. The Bertz CT molecular complexity index is 495. The third-order valence-electron chi connectivity index (χ3n) is 4.41. The first-order valence-electron chi connectivity index (χ1n) is 6.84. The average molecular weight is 261 g/mol. The standard InChI is InChI=1S/C14H20BNO3/c1-13(2)14(3,4)19-15(18-13)11-7-10(17)8-16-12(11)9-5-6-9/h7-9,17H,5-6H2,1-4H3. The van der Waals surface area contributed by atoms with Gasteiger partial charge in [-0.1, -0.05) is 0 Å². The Morgan fingerprint density at radius 1 is 1.21 bits per heavy atom. The fraction of sp³-hybridized carbons (Fsp3) is 0.643. The van der Waals surface area contributed by atoms with Gasteiger partial charge in [0.1, 0.15) is 5.75 Å². The Morgan fingerprint density at radius 3 is 2.32 bits per heavy atom. The summed E-state index contributed by atoms with van der Waals surface area (Å²) in [5, 5.41) is 9.69. The molecule has 0 bridgehead atoms. The highest BCUT2D eigenvalue weighted by Crippen LogP contribution is 2.41. The Morgan fingerprint density at radius 2 is 1.79 bits per heavy atom. The molecule has 1 aromatic heterocycles. The van der Waals surface area contributed by atoms with Gasteiger partial charge in [0, 0.05) is 17.1 Å². The van der Waals surface area contributed by atoms with Gasteiger partial charge in [-0.15, -0.1) is 0 Å². The summed E-state index contributed by atoms with van der Waals surface area (Å²) >= 11 is 0. The van der Waals surface area contributed by atoms with E-state index in [1.165, 1.54) is 6.20 Å². The van der Waals surface area contributed by atoms with Crippen LogP contribution in [0.1, 0.15) is 52.1 Å². The molecule has 0 aromatic carbocycles. The molecule has 1 aliphatic carbocycles. The molecule has 0 spiro atoms. The minimum absolute atomic E-state index is 0.161. The first-order valence-corrected chi connectivity index (χ1v) is 6.84. The van der Waals surface area contributed by atoms with Gasteiger partial charge < -0.3 is 14.4 Å². The van der Waals surface area contributed by atoms with E-state index in [9.17, 15) is 5.11 Å². The molecule has 3 rings (SSSR count). The lowest BCUT2D eigenvalue weighted by Crippen LogP contribution is -2.41. The van der Waals surface area contributed by atoms with E-state index in [2.05, 4.69) is 4.98 Å². The van der Waals surface area contributed by atoms with Gasteiger partial charge in [0.15, 0.2) is 0 Å².